The van der Waals surface area contributed by atoms with Crippen LogP contribution in [0, 0.1) is 0 Å². The van der Waals surface area contributed by atoms with Gasteiger partial charge in [-0.1, -0.05) is 30.3 Å². The maximum absolute atomic E-state index is 13.2. The maximum atomic E-state index is 13.2. The van der Waals surface area contributed by atoms with Crippen LogP contribution in [0.25, 0.3) is 0 Å². The zero-order valence-electron chi connectivity index (χ0n) is 17.5. The topological polar surface area (TPSA) is 78.9 Å². The minimum Gasteiger partial charge on any atom is -0.494 e. The van der Waals surface area contributed by atoms with Gasteiger partial charge in [-0.15, -0.1) is 0 Å². The first-order chi connectivity index (χ1) is 14.4. The van der Waals surface area contributed by atoms with Crippen molar-refractivity contribution in [3.63, 3.8) is 0 Å². The fourth-order valence-electron chi connectivity index (χ4n) is 3.41. The van der Waals surface area contributed by atoms with Gasteiger partial charge in [-0.2, -0.15) is 4.72 Å². The zero-order chi connectivity index (χ0) is 21.6. The molecule has 3 rings (SSSR count). The van der Waals surface area contributed by atoms with E-state index >= 15 is 0 Å². The number of piperazine rings is 1. The second kappa shape index (κ2) is 10.1. The number of benzene rings is 2. The lowest BCUT2D eigenvalue weighted by atomic mass is 10.1. The van der Waals surface area contributed by atoms with Gasteiger partial charge in [0.1, 0.15) is 11.8 Å². The highest BCUT2D eigenvalue weighted by Gasteiger charge is 2.31. The molecular formula is C22H29N3O4S. The molecule has 1 N–H and O–H groups in total. The molecule has 0 saturated carbocycles. The smallest absolute Gasteiger partial charge is 0.241 e. The van der Waals surface area contributed by atoms with Gasteiger partial charge in [-0.05, 0) is 50.2 Å². The number of nitrogens with one attached hydrogen (secondary N) is 1. The molecule has 1 aliphatic rings. The Balaban J connectivity index is 1.80. The summed E-state index contributed by atoms with van der Waals surface area (Å²) in [6.07, 6.45) is 0.294. The number of rotatable bonds is 8. The predicted molar refractivity (Wildman–Crippen MR) is 116 cm³/mol. The van der Waals surface area contributed by atoms with Crippen molar-refractivity contribution in [1.82, 2.24) is 14.5 Å². The van der Waals surface area contributed by atoms with Crippen molar-refractivity contribution in [2.45, 2.75) is 24.3 Å². The van der Waals surface area contributed by atoms with Crippen LogP contribution < -0.4 is 9.46 Å². The van der Waals surface area contributed by atoms with Gasteiger partial charge in [-0.25, -0.2) is 8.42 Å². The first-order valence-corrected chi connectivity index (χ1v) is 11.6. The zero-order valence-corrected chi connectivity index (χ0v) is 18.3. The quantitative estimate of drug-likeness (QED) is 0.689. The molecule has 8 heteroatoms. The molecule has 0 radical (unpaired) electrons. The van der Waals surface area contributed by atoms with Gasteiger partial charge in [0, 0.05) is 26.2 Å². The summed E-state index contributed by atoms with van der Waals surface area (Å²) < 4.78 is 34.0. The van der Waals surface area contributed by atoms with Crippen LogP contribution in [0.3, 0.4) is 0 Å². The molecule has 1 atom stereocenters. The molecule has 1 aliphatic heterocycles. The minimum atomic E-state index is -3.87. The van der Waals surface area contributed by atoms with Gasteiger partial charge in [-0.3, -0.25) is 4.79 Å². The number of hydrogen-bond acceptors (Lipinski definition) is 5. The van der Waals surface area contributed by atoms with Gasteiger partial charge in [0.2, 0.25) is 15.9 Å². The van der Waals surface area contributed by atoms with E-state index in [4.69, 9.17) is 4.74 Å². The highest BCUT2D eigenvalue weighted by molar-refractivity contribution is 7.89. The van der Waals surface area contributed by atoms with Crippen LogP contribution in [0.4, 0.5) is 0 Å². The number of carbonyl (C=O) groups excluding carboxylic acids is 1. The second-order valence-electron chi connectivity index (χ2n) is 7.40. The molecule has 0 aromatic heterocycles. The first-order valence-electron chi connectivity index (χ1n) is 10.2. The van der Waals surface area contributed by atoms with Crippen molar-refractivity contribution in [2.75, 3.05) is 39.8 Å². The average Bonchev–Trinajstić information content (AvgIpc) is 2.74. The molecule has 1 amide bonds. The number of hydrogen-bond donors (Lipinski definition) is 1. The Morgan fingerprint density at radius 3 is 2.27 bits per heavy atom. The third-order valence-corrected chi connectivity index (χ3v) is 6.63. The molecule has 7 nitrogen and oxygen atoms in total. The van der Waals surface area contributed by atoms with E-state index in [2.05, 4.69) is 9.62 Å². The molecular weight excluding hydrogens is 402 g/mol. The molecule has 162 valence electrons. The van der Waals surface area contributed by atoms with Crippen LogP contribution in [0.5, 0.6) is 5.75 Å². The number of likely N-dealkylation sites (N-methyl/N-ethyl adjacent to an activating group) is 1. The summed E-state index contributed by atoms with van der Waals surface area (Å²) in [5, 5.41) is 0. The number of nitrogens with zero attached hydrogens (tertiary/aromatic N) is 2. The second-order valence-corrected chi connectivity index (χ2v) is 9.11. The number of carbonyl (C=O) groups is 1. The Morgan fingerprint density at radius 2 is 1.67 bits per heavy atom. The Hall–Kier alpha value is -2.42. The molecule has 0 bridgehead atoms. The predicted octanol–water partition coefficient (Wildman–Crippen LogP) is 1.75. The highest BCUT2D eigenvalue weighted by atomic mass is 32.2. The summed E-state index contributed by atoms with van der Waals surface area (Å²) in [6.45, 7) is 5.09. The molecule has 1 saturated heterocycles. The highest BCUT2D eigenvalue weighted by Crippen LogP contribution is 2.17. The van der Waals surface area contributed by atoms with E-state index in [1.165, 1.54) is 12.1 Å². The fraction of sp³-hybridized carbons (Fsp3) is 0.409. The molecule has 30 heavy (non-hydrogen) atoms. The summed E-state index contributed by atoms with van der Waals surface area (Å²) in [7, 11) is -1.86. The molecule has 2 aromatic rings. The van der Waals surface area contributed by atoms with Gasteiger partial charge < -0.3 is 14.5 Å². The fourth-order valence-corrected chi connectivity index (χ4v) is 4.60. The van der Waals surface area contributed by atoms with Crippen LogP contribution in [0.2, 0.25) is 0 Å². The Kier molecular flexibility index (Phi) is 7.47. The summed E-state index contributed by atoms with van der Waals surface area (Å²) >= 11 is 0. The minimum absolute atomic E-state index is 0.107. The maximum Gasteiger partial charge on any atom is 0.241 e. The number of sulfonamides is 1. The van der Waals surface area contributed by atoms with Crippen LogP contribution in [0.1, 0.15) is 12.5 Å². The number of amides is 1. The monoisotopic (exact) mass is 431 g/mol. The van der Waals surface area contributed by atoms with Gasteiger partial charge in [0.25, 0.3) is 0 Å². The van der Waals surface area contributed by atoms with Crippen LogP contribution in [0.15, 0.2) is 59.5 Å². The Labute approximate surface area is 178 Å². The summed E-state index contributed by atoms with van der Waals surface area (Å²) in [6, 6.07) is 14.8. The molecule has 0 aliphatic carbocycles. The van der Waals surface area contributed by atoms with E-state index in [1.54, 1.807) is 17.0 Å². The SMILES string of the molecule is CCOc1ccc(S(=O)(=O)NC(Cc2ccccc2)C(=O)N2CCN(C)CC2)cc1. The van der Waals surface area contributed by atoms with E-state index in [0.29, 0.717) is 31.9 Å². The van der Waals surface area contributed by atoms with Gasteiger partial charge in [0.15, 0.2) is 0 Å². The first kappa shape index (κ1) is 22.3. The van der Waals surface area contributed by atoms with Gasteiger partial charge >= 0.3 is 0 Å². The molecule has 0 spiro atoms. The van der Waals surface area contributed by atoms with Crippen molar-refractivity contribution in [1.29, 1.82) is 0 Å². The van der Waals surface area contributed by atoms with Crippen molar-refractivity contribution in [3.8, 4) is 5.75 Å². The van der Waals surface area contributed by atoms with E-state index in [-0.39, 0.29) is 10.8 Å². The van der Waals surface area contributed by atoms with Crippen molar-refractivity contribution in [3.05, 3.63) is 60.2 Å². The van der Waals surface area contributed by atoms with Crippen molar-refractivity contribution in [2.24, 2.45) is 0 Å². The van der Waals surface area contributed by atoms with Crippen LogP contribution in [-0.4, -0.2) is 70.0 Å². The lowest BCUT2D eigenvalue weighted by Gasteiger charge is -2.34. The number of ether oxygens (including phenoxy) is 1. The molecule has 2 aromatic carbocycles. The third kappa shape index (κ3) is 5.81. The normalized spacial score (nSPS) is 16.3. The van der Waals surface area contributed by atoms with Crippen LogP contribution in [-0.2, 0) is 21.2 Å². The molecule has 1 fully saturated rings. The Morgan fingerprint density at radius 1 is 1.03 bits per heavy atom. The van der Waals surface area contributed by atoms with Crippen molar-refractivity contribution < 1.29 is 17.9 Å². The summed E-state index contributed by atoms with van der Waals surface area (Å²) in [4.78, 5) is 17.2. The lowest BCUT2D eigenvalue weighted by molar-refractivity contribution is -0.134. The summed E-state index contributed by atoms with van der Waals surface area (Å²) in [5.41, 5.74) is 0.902. The molecule has 1 unspecified atom stereocenters. The molecule has 1 heterocycles. The standard InChI is InChI=1S/C22H29N3O4S/c1-3-29-19-9-11-20(12-10-19)30(27,28)23-21(17-18-7-5-4-6-8-18)22(26)25-15-13-24(2)14-16-25/h4-12,21,23H,3,13-17H2,1-2H3. The van der Waals surface area contributed by atoms with E-state index in [0.717, 1.165) is 18.7 Å². The third-order valence-electron chi connectivity index (χ3n) is 5.14. The largest absolute Gasteiger partial charge is 0.494 e. The Bertz CT molecular complexity index is 925. The van der Waals surface area contributed by atoms with Crippen LogP contribution >= 0.6 is 0 Å². The van der Waals surface area contributed by atoms with Crippen molar-refractivity contribution >= 4 is 15.9 Å². The lowest BCUT2D eigenvalue weighted by Crippen LogP contribution is -2.54. The van der Waals surface area contributed by atoms with E-state index in [9.17, 15) is 13.2 Å². The van der Waals surface area contributed by atoms with E-state index in [1.807, 2.05) is 44.3 Å². The van der Waals surface area contributed by atoms with Gasteiger partial charge in [0.05, 0.1) is 11.5 Å². The van der Waals surface area contributed by atoms with E-state index < -0.39 is 16.1 Å². The summed E-state index contributed by atoms with van der Waals surface area (Å²) in [5.74, 6) is 0.410. The average molecular weight is 432 g/mol.